The van der Waals surface area contributed by atoms with Gasteiger partial charge in [0.15, 0.2) is 11.2 Å². The maximum Gasteiger partial charge on any atom is 0.279 e. The Hall–Kier alpha value is -1.66. The first kappa shape index (κ1) is 14.0. The highest BCUT2D eigenvalue weighted by atomic mass is 79.9. The first-order valence-electron chi connectivity index (χ1n) is 7.08. The molecular weight excluding hydrogens is 368 g/mol. The van der Waals surface area contributed by atoms with Gasteiger partial charge in [-0.05, 0) is 47.0 Å². The van der Waals surface area contributed by atoms with E-state index < -0.39 is 0 Å². The molecule has 0 aliphatic carbocycles. The normalized spacial score (nSPS) is 14.3. The van der Waals surface area contributed by atoms with E-state index in [-0.39, 0.29) is 5.56 Å². The molecule has 1 aliphatic heterocycles. The highest BCUT2D eigenvalue weighted by Gasteiger charge is 2.18. The van der Waals surface area contributed by atoms with E-state index in [0.717, 1.165) is 41.7 Å². The molecule has 4 rings (SSSR count). The van der Waals surface area contributed by atoms with Crippen molar-refractivity contribution < 1.29 is 0 Å². The highest BCUT2D eigenvalue weighted by Crippen LogP contribution is 2.29. The second-order valence-electron chi connectivity index (χ2n) is 5.35. The quantitative estimate of drug-likeness (QED) is 0.703. The summed E-state index contributed by atoms with van der Waals surface area (Å²) in [5, 5.41) is 0.639. The number of aromatic nitrogens is 4. The summed E-state index contributed by atoms with van der Waals surface area (Å²) >= 11 is 9.45. The smallest absolute Gasteiger partial charge is 0.279 e. The predicted molar refractivity (Wildman–Crippen MR) is 89.2 cm³/mol. The average Bonchev–Trinajstić information content (AvgIpc) is 2.91. The number of benzene rings is 1. The van der Waals surface area contributed by atoms with E-state index in [4.69, 9.17) is 11.6 Å². The third-order valence-corrected chi connectivity index (χ3v) is 4.80. The SMILES string of the molecule is O=c1c2[nH]c(-c3ccc(Cl)cc3Br)nc2nc2n1CCCC2. The molecule has 5 nitrogen and oxygen atoms in total. The number of hydrogen-bond acceptors (Lipinski definition) is 3. The Morgan fingerprint density at radius 3 is 2.95 bits per heavy atom. The topological polar surface area (TPSA) is 63.6 Å². The van der Waals surface area contributed by atoms with Gasteiger partial charge in [0.05, 0.1) is 0 Å². The lowest BCUT2D eigenvalue weighted by Gasteiger charge is -2.16. The summed E-state index contributed by atoms with van der Waals surface area (Å²) in [5.41, 5.74) is 1.76. The molecule has 0 unspecified atom stereocenters. The van der Waals surface area contributed by atoms with Gasteiger partial charge in [-0.15, -0.1) is 0 Å². The third kappa shape index (κ3) is 2.18. The van der Waals surface area contributed by atoms with E-state index in [1.165, 1.54) is 0 Å². The van der Waals surface area contributed by atoms with Crippen LogP contribution in [0.2, 0.25) is 5.02 Å². The molecule has 0 saturated heterocycles. The van der Waals surface area contributed by atoms with Crippen LogP contribution in [0.4, 0.5) is 0 Å². The molecule has 0 spiro atoms. The summed E-state index contributed by atoms with van der Waals surface area (Å²) in [6, 6.07) is 5.46. The maximum absolute atomic E-state index is 12.6. The Balaban J connectivity index is 1.94. The van der Waals surface area contributed by atoms with Crippen LogP contribution >= 0.6 is 27.5 Å². The molecule has 1 aromatic carbocycles. The summed E-state index contributed by atoms with van der Waals surface area (Å²) < 4.78 is 2.58. The fraction of sp³-hybridized carbons (Fsp3) is 0.267. The molecule has 0 saturated carbocycles. The zero-order valence-corrected chi connectivity index (χ0v) is 13.9. The lowest BCUT2D eigenvalue weighted by molar-refractivity contribution is 0.500. The van der Waals surface area contributed by atoms with Crippen molar-refractivity contribution >= 4 is 38.7 Å². The number of rotatable bonds is 1. The molecule has 0 fully saturated rings. The first-order chi connectivity index (χ1) is 10.6. The molecule has 7 heteroatoms. The molecule has 2 aromatic heterocycles. The fourth-order valence-corrected chi connectivity index (χ4v) is 3.68. The average molecular weight is 380 g/mol. The van der Waals surface area contributed by atoms with Crippen LogP contribution in [-0.4, -0.2) is 19.5 Å². The molecule has 3 aromatic rings. The van der Waals surface area contributed by atoms with Crippen molar-refractivity contribution in [3.8, 4) is 11.4 Å². The first-order valence-corrected chi connectivity index (χ1v) is 8.25. The number of halogens is 2. The number of hydrogen-bond donors (Lipinski definition) is 1. The summed E-state index contributed by atoms with van der Waals surface area (Å²) in [5.74, 6) is 1.45. The van der Waals surface area contributed by atoms with Crippen molar-refractivity contribution in [1.82, 2.24) is 19.5 Å². The predicted octanol–water partition coefficient (Wildman–Crippen LogP) is 3.54. The van der Waals surface area contributed by atoms with Crippen LogP contribution in [0.1, 0.15) is 18.7 Å². The van der Waals surface area contributed by atoms with Crippen LogP contribution in [-0.2, 0) is 13.0 Å². The molecule has 22 heavy (non-hydrogen) atoms. The Morgan fingerprint density at radius 1 is 1.27 bits per heavy atom. The second-order valence-corrected chi connectivity index (χ2v) is 6.64. The maximum atomic E-state index is 12.6. The minimum atomic E-state index is -0.0384. The lowest BCUT2D eigenvalue weighted by atomic mass is 10.1. The number of aromatic amines is 1. The van der Waals surface area contributed by atoms with Gasteiger partial charge in [-0.1, -0.05) is 11.6 Å². The zero-order valence-electron chi connectivity index (χ0n) is 11.6. The minimum absolute atomic E-state index is 0.0384. The van der Waals surface area contributed by atoms with Crippen LogP contribution in [0, 0.1) is 0 Å². The Labute approximate surface area is 139 Å². The van der Waals surface area contributed by atoms with E-state index in [2.05, 4.69) is 30.9 Å². The van der Waals surface area contributed by atoms with Gasteiger partial charge in [-0.3, -0.25) is 9.36 Å². The zero-order chi connectivity index (χ0) is 15.3. The Kier molecular flexibility index (Phi) is 3.31. The summed E-state index contributed by atoms with van der Waals surface area (Å²) in [7, 11) is 0. The molecule has 0 bridgehead atoms. The fourth-order valence-electron chi connectivity index (χ4n) is 2.81. The summed E-state index contributed by atoms with van der Waals surface area (Å²) in [6.45, 7) is 0.732. The van der Waals surface area contributed by atoms with Crippen LogP contribution in [0.5, 0.6) is 0 Å². The van der Waals surface area contributed by atoms with Gasteiger partial charge in [0, 0.05) is 28.0 Å². The number of imidazole rings is 1. The molecular formula is C15H12BrClN4O. The largest absolute Gasteiger partial charge is 0.332 e. The van der Waals surface area contributed by atoms with Gasteiger partial charge in [0.2, 0.25) is 0 Å². The molecule has 1 N–H and O–H groups in total. The number of aryl methyl sites for hydroxylation is 1. The van der Waals surface area contributed by atoms with Crippen molar-refractivity contribution in [2.24, 2.45) is 0 Å². The van der Waals surface area contributed by atoms with Crippen molar-refractivity contribution in [2.75, 3.05) is 0 Å². The molecule has 0 amide bonds. The van der Waals surface area contributed by atoms with Gasteiger partial charge in [0.1, 0.15) is 11.6 Å². The summed E-state index contributed by atoms with van der Waals surface area (Å²) in [4.78, 5) is 24.7. The van der Waals surface area contributed by atoms with Crippen molar-refractivity contribution in [2.45, 2.75) is 25.8 Å². The number of nitrogens with one attached hydrogen (secondary N) is 1. The Bertz CT molecular complexity index is 947. The Morgan fingerprint density at radius 2 is 2.14 bits per heavy atom. The van der Waals surface area contributed by atoms with Crippen molar-refractivity contribution in [3.05, 3.63) is 43.9 Å². The van der Waals surface area contributed by atoms with E-state index in [9.17, 15) is 4.79 Å². The lowest BCUT2D eigenvalue weighted by Crippen LogP contribution is -2.28. The van der Waals surface area contributed by atoms with Crippen molar-refractivity contribution in [3.63, 3.8) is 0 Å². The molecule has 0 radical (unpaired) electrons. The summed E-state index contributed by atoms with van der Waals surface area (Å²) in [6.07, 6.45) is 2.92. The number of nitrogens with zero attached hydrogens (tertiary/aromatic N) is 3. The molecule has 3 heterocycles. The second kappa shape index (κ2) is 5.21. The standard InChI is InChI=1S/C15H12BrClN4O/c16-10-7-8(17)4-5-9(10)13-19-12-14(20-13)18-11-3-1-2-6-21(11)15(12)22/h4-5,7H,1-3,6H2,(H,19,20). The van der Waals surface area contributed by atoms with E-state index >= 15 is 0 Å². The van der Waals surface area contributed by atoms with Crippen molar-refractivity contribution in [1.29, 1.82) is 0 Å². The van der Waals surface area contributed by atoms with E-state index in [1.54, 1.807) is 16.7 Å². The van der Waals surface area contributed by atoms with E-state index in [1.807, 2.05) is 6.07 Å². The molecule has 0 atom stereocenters. The number of fused-ring (bicyclic) bond motifs is 2. The van der Waals surface area contributed by atoms with Crippen LogP contribution in [0.25, 0.3) is 22.6 Å². The van der Waals surface area contributed by atoms with Gasteiger partial charge < -0.3 is 4.98 Å². The highest BCUT2D eigenvalue weighted by molar-refractivity contribution is 9.10. The third-order valence-electron chi connectivity index (χ3n) is 3.91. The van der Waals surface area contributed by atoms with Crippen LogP contribution in [0.15, 0.2) is 27.5 Å². The molecule has 1 aliphatic rings. The molecule has 112 valence electrons. The van der Waals surface area contributed by atoms with Gasteiger partial charge in [-0.2, -0.15) is 0 Å². The minimum Gasteiger partial charge on any atom is -0.332 e. The van der Waals surface area contributed by atoms with E-state index in [0.29, 0.717) is 22.0 Å². The monoisotopic (exact) mass is 378 g/mol. The van der Waals surface area contributed by atoms with Gasteiger partial charge in [-0.25, -0.2) is 9.97 Å². The van der Waals surface area contributed by atoms with Gasteiger partial charge >= 0.3 is 0 Å². The number of H-pyrrole nitrogens is 1. The van der Waals surface area contributed by atoms with Crippen LogP contribution < -0.4 is 5.56 Å². The van der Waals surface area contributed by atoms with Crippen LogP contribution in [0.3, 0.4) is 0 Å². The van der Waals surface area contributed by atoms with Gasteiger partial charge in [0.25, 0.3) is 5.56 Å².